The molecule has 2 N–H and O–H groups in total. The molecule has 0 fully saturated rings. The van der Waals surface area contributed by atoms with Crippen LogP contribution >= 0.6 is 34.8 Å². The number of alkyl halides is 3. The number of aryl methyl sites for hydroxylation is 1. The largest absolute Gasteiger partial charge is 0.397 e. The lowest BCUT2D eigenvalue weighted by atomic mass is 10.3. The predicted molar refractivity (Wildman–Crippen MR) is 69.1 cm³/mol. The second-order valence-corrected chi connectivity index (χ2v) is 5.67. The van der Waals surface area contributed by atoms with Crippen molar-refractivity contribution >= 4 is 51.5 Å². The van der Waals surface area contributed by atoms with Gasteiger partial charge in [-0.1, -0.05) is 40.9 Å². The number of anilines is 1. The van der Waals surface area contributed by atoms with Crippen LogP contribution in [0.5, 0.6) is 0 Å². The minimum atomic E-state index is -1.54. The Balaban J connectivity index is 2.81. The predicted octanol–water partition coefficient (Wildman–Crippen LogP) is 3.47. The Bertz CT molecular complexity index is 528. The minimum absolute atomic E-state index is 0.396. The lowest BCUT2D eigenvalue weighted by Gasteiger charge is -2.12. The van der Waals surface area contributed by atoms with Crippen LogP contribution in [0.15, 0.2) is 18.2 Å². The van der Waals surface area contributed by atoms with Crippen LogP contribution in [-0.2, 0) is 10.3 Å². The summed E-state index contributed by atoms with van der Waals surface area (Å²) >= 11 is 17.6. The number of benzene rings is 1. The number of nitrogens with zero attached hydrogens (tertiary/aromatic N) is 2. The van der Waals surface area contributed by atoms with Crippen molar-refractivity contribution in [2.75, 3.05) is 5.73 Å². The Hall–Kier alpha value is -0.640. The second-order valence-electron chi connectivity index (χ2n) is 3.39. The number of hydrogen-bond acceptors (Lipinski definition) is 2. The molecule has 0 atom stereocenters. The van der Waals surface area contributed by atoms with Gasteiger partial charge in [0.15, 0.2) is 5.82 Å². The van der Waals surface area contributed by atoms with Crippen LogP contribution in [-0.4, -0.2) is 9.55 Å². The highest BCUT2D eigenvalue weighted by atomic mass is 35.6. The zero-order valence-corrected chi connectivity index (χ0v) is 10.8. The summed E-state index contributed by atoms with van der Waals surface area (Å²) in [7, 11) is 0. The Labute approximate surface area is 108 Å². The molecule has 2 rings (SSSR count). The van der Waals surface area contributed by atoms with Crippen LogP contribution in [0.4, 0.5) is 5.69 Å². The molecule has 0 aliphatic rings. The summed E-state index contributed by atoms with van der Waals surface area (Å²) in [5.74, 6) is 0.396. The van der Waals surface area contributed by atoms with Gasteiger partial charge in [-0.15, -0.1) is 0 Å². The van der Waals surface area contributed by atoms with Gasteiger partial charge in [0.05, 0.1) is 11.2 Å². The fourth-order valence-electron chi connectivity index (χ4n) is 1.71. The summed E-state index contributed by atoms with van der Waals surface area (Å²) in [5, 5.41) is 0. The van der Waals surface area contributed by atoms with Crippen LogP contribution in [0.25, 0.3) is 11.0 Å². The second kappa shape index (κ2) is 3.99. The topological polar surface area (TPSA) is 43.8 Å². The van der Waals surface area contributed by atoms with Crippen LogP contribution in [0.3, 0.4) is 0 Å². The van der Waals surface area contributed by atoms with Gasteiger partial charge in [-0.05, 0) is 19.1 Å². The number of hydrogen-bond donors (Lipinski definition) is 1. The summed E-state index contributed by atoms with van der Waals surface area (Å²) in [6.45, 7) is 2.63. The summed E-state index contributed by atoms with van der Waals surface area (Å²) < 4.78 is 0.306. The summed E-state index contributed by atoms with van der Waals surface area (Å²) in [6, 6.07) is 5.53. The van der Waals surface area contributed by atoms with Crippen molar-refractivity contribution in [3.63, 3.8) is 0 Å². The van der Waals surface area contributed by atoms with Crippen molar-refractivity contribution in [2.45, 2.75) is 17.3 Å². The molecule has 0 saturated carbocycles. The number of aromatic nitrogens is 2. The molecule has 0 amide bonds. The maximum absolute atomic E-state index is 5.87. The molecule has 0 aliphatic heterocycles. The third-order valence-corrected chi connectivity index (χ3v) is 2.89. The van der Waals surface area contributed by atoms with Gasteiger partial charge >= 0.3 is 0 Å². The summed E-state index contributed by atoms with van der Waals surface area (Å²) in [6.07, 6.45) is 0. The lowest BCUT2D eigenvalue weighted by Crippen LogP contribution is -2.10. The van der Waals surface area contributed by atoms with E-state index in [1.165, 1.54) is 0 Å². The molecule has 0 saturated heterocycles. The number of imidazole rings is 1. The third kappa shape index (κ3) is 1.83. The van der Waals surface area contributed by atoms with Gasteiger partial charge in [-0.2, -0.15) is 0 Å². The molecule has 1 aromatic heterocycles. The van der Waals surface area contributed by atoms with Crippen molar-refractivity contribution in [3.05, 3.63) is 24.0 Å². The molecule has 0 bridgehead atoms. The monoisotopic (exact) mass is 277 g/mol. The number of rotatable bonds is 1. The number of fused-ring (bicyclic) bond motifs is 1. The van der Waals surface area contributed by atoms with E-state index >= 15 is 0 Å². The van der Waals surface area contributed by atoms with Crippen LogP contribution < -0.4 is 5.73 Å². The van der Waals surface area contributed by atoms with Crippen molar-refractivity contribution in [3.8, 4) is 0 Å². The normalized spacial score (nSPS) is 12.2. The summed E-state index contributed by atoms with van der Waals surface area (Å²) in [4.78, 5) is 4.30. The van der Waals surface area contributed by atoms with Gasteiger partial charge in [0.25, 0.3) is 0 Å². The molecule has 0 spiro atoms. The highest BCUT2D eigenvalue weighted by molar-refractivity contribution is 6.66. The van der Waals surface area contributed by atoms with Crippen molar-refractivity contribution < 1.29 is 0 Å². The molecule has 1 aromatic carbocycles. The number of halogens is 3. The molecule has 0 radical (unpaired) electrons. The molecule has 2 aromatic rings. The maximum Gasteiger partial charge on any atom is 0.248 e. The molecule has 3 nitrogen and oxygen atoms in total. The van der Waals surface area contributed by atoms with Gasteiger partial charge in [0, 0.05) is 6.54 Å². The smallest absolute Gasteiger partial charge is 0.248 e. The Morgan fingerprint density at radius 1 is 1.38 bits per heavy atom. The van der Waals surface area contributed by atoms with Gasteiger partial charge in [0.2, 0.25) is 3.79 Å². The van der Waals surface area contributed by atoms with E-state index in [0.717, 1.165) is 5.52 Å². The van der Waals surface area contributed by atoms with Gasteiger partial charge in [0.1, 0.15) is 5.52 Å². The highest BCUT2D eigenvalue weighted by Gasteiger charge is 2.30. The Morgan fingerprint density at radius 3 is 2.62 bits per heavy atom. The average molecular weight is 279 g/mol. The number of nitrogens with two attached hydrogens (primary N) is 1. The molecular formula is C10H10Cl3N3. The number of para-hydroxylation sites is 1. The number of nitrogen functional groups attached to an aromatic ring is 1. The van der Waals surface area contributed by atoms with E-state index in [1.807, 2.05) is 23.6 Å². The first kappa shape index (κ1) is 11.8. The first-order valence-corrected chi connectivity index (χ1v) is 5.90. The Kier molecular flexibility index (Phi) is 2.95. The molecule has 0 unspecified atom stereocenters. The van der Waals surface area contributed by atoms with E-state index in [0.29, 0.717) is 23.6 Å². The standard InChI is InChI=1S/C10H10Cl3N3/c1-2-16-7-5-3-4-6(14)8(7)15-9(16)10(11,12)13/h3-5H,2,14H2,1H3. The molecule has 16 heavy (non-hydrogen) atoms. The molecule has 1 heterocycles. The fraction of sp³-hybridized carbons (Fsp3) is 0.300. The van der Waals surface area contributed by atoms with Crippen LogP contribution in [0.2, 0.25) is 0 Å². The van der Waals surface area contributed by atoms with E-state index in [-0.39, 0.29) is 0 Å². The van der Waals surface area contributed by atoms with Crippen LogP contribution in [0.1, 0.15) is 12.7 Å². The molecule has 0 aliphatic carbocycles. The SMILES string of the molecule is CCn1c(C(Cl)(Cl)Cl)nc2c(N)cccc21. The van der Waals surface area contributed by atoms with Gasteiger partial charge in [-0.3, -0.25) is 0 Å². The van der Waals surface area contributed by atoms with E-state index in [9.17, 15) is 0 Å². The molecule has 86 valence electrons. The Morgan fingerprint density at radius 2 is 2.06 bits per heavy atom. The van der Waals surface area contributed by atoms with E-state index in [2.05, 4.69) is 4.98 Å². The fourth-order valence-corrected chi connectivity index (χ4v) is 2.14. The lowest BCUT2D eigenvalue weighted by molar-refractivity contribution is 0.731. The first-order valence-electron chi connectivity index (χ1n) is 4.77. The summed E-state index contributed by atoms with van der Waals surface area (Å²) in [5.41, 5.74) is 7.97. The minimum Gasteiger partial charge on any atom is -0.397 e. The van der Waals surface area contributed by atoms with Crippen molar-refractivity contribution in [2.24, 2.45) is 0 Å². The van der Waals surface area contributed by atoms with Gasteiger partial charge in [-0.25, -0.2) is 4.98 Å². The van der Waals surface area contributed by atoms with E-state index in [4.69, 9.17) is 40.5 Å². The first-order chi connectivity index (χ1) is 7.45. The van der Waals surface area contributed by atoms with E-state index < -0.39 is 3.79 Å². The molecule has 6 heteroatoms. The van der Waals surface area contributed by atoms with Crippen molar-refractivity contribution in [1.82, 2.24) is 9.55 Å². The average Bonchev–Trinajstić information content (AvgIpc) is 2.57. The maximum atomic E-state index is 5.87. The van der Waals surface area contributed by atoms with Crippen LogP contribution in [0, 0.1) is 0 Å². The molecular weight excluding hydrogens is 268 g/mol. The van der Waals surface area contributed by atoms with Crippen molar-refractivity contribution in [1.29, 1.82) is 0 Å². The van der Waals surface area contributed by atoms with Gasteiger partial charge < -0.3 is 10.3 Å². The third-order valence-electron chi connectivity index (χ3n) is 2.38. The zero-order chi connectivity index (χ0) is 11.9. The van der Waals surface area contributed by atoms with E-state index in [1.54, 1.807) is 6.07 Å². The zero-order valence-electron chi connectivity index (χ0n) is 8.54. The quantitative estimate of drug-likeness (QED) is 0.641. The highest BCUT2D eigenvalue weighted by Crippen LogP contribution is 2.39.